The summed E-state index contributed by atoms with van der Waals surface area (Å²) in [5.74, 6) is 0.257. The largest absolute Gasteiger partial charge is 0.508 e. The molecule has 0 aliphatic rings. The Morgan fingerprint density at radius 2 is 2.25 bits per heavy atom. The van der Waals surface area contributed by atoms with Gasteiger partial charge in [-0.2, -0.15) is 0 Å². The molecule has 66 valence electrons. The fourth-order valence-corrected chi connectivity index (χ4v) is 1.14. The summed E-state index contributed by atoms with van der Waals surface area (Å²) in [5.41, 5.74) is 0.929. The molecule has 0 spiro atoms. The molecule has 0 radical (unpaired) electrons. The minimum Gasteiger partial charge on any atom is -0.508 e. The topological polar surface area (TPSA) is 32.3 Å². The van der Waals surface area contributed by atoms with Crippen molar-refractivity contribution >= 4 is 11.6 Å². The van der Waals surface area contributed by atoms with E-state index in [9.17, 15) is 0 Å². The molecule has 0 fully saturated rings. The predicted octanol–water partition coefficient (Wildman–Crippen LogP) is 2.16. The Balaban J connectivity index is 2.75. The van der Waals surface area contributed by atoms with Crippen LogP contribution in [0.2, 0.25) is 5.02 Å². The maximum absolute atomic E-state index is 9.15. The minimum absolute atomic E-state index is 0.257. The van der Waals surface area contributed by atoms with Gasteiger partial charge in [0.1, 0.15) is 5.75 Å². The van der Waals surface area contributed by atoms with Crippen LogP contribution in [0.5, 0.6) is 5.75 Å². The van der Waals surface area contributed by atoms with Crippen molar-refractivity contribution in [3.63, 3.8) is 0 Å². The number of benzene rings is 1. The molecule has 0 unspecified atom stereocenters. The van der Waals surface area contributed by atoms with Gasteiger partial charge in [0, 0.05) is 11.6 Å². The zero-order chi connectivity index (χ0) is 8.97. The fraction of sp³-hybridized carbons (Fsp3) is 0.333. The summed E-state index contributed by atoms with van der Waals surface area (Å²) in [6.07, 6.45) is 0. The first-order valence-electron chi connectivity index (χ1n) is 3.92. The SMILES string of the molecule is CCNCc1cc(O)ccc1Cl. The summed E-state index contributed by atoms with van der Waals surface area (Å²) in [6.45, 7) is 3.62. The minimum atomic E-state index is 0.257. The zero-order valence-electron chi connectivity index (χ0n) is 6.97. The van der Waals surface area contributed by atoms with Crippen LogP contribution in [0.4, 0.5) is 0 Å². The average Bonchev–Trinajstić information content (AvgIpc) is 2.07. The summed E-state index contributed by atoms with van der Waals surface area (Å²) in [6, 6.07) is 4.95. The molecule has 0 saturated carbocycles. The molecule has 0 aliphatic carbocycles. The number of rotatable bonds is 3. The third-order valence-corrected chi connectivity index (χ3v) is 1.96. The summed E-state index contributed by atoms with van der Waals surface area (Å²) < 4.78 is 0. The van der Waals surface area contributed by atoms with E-state index in [0.29, 0.717) is 11.6 Å². The van der Waals surface area contributed by atoms with Crippen molar-refractivity contribution in [3.8, 4) is 5.75 Å². The van der Waals surface area contributed by atoms with Gasteiger partial charge in [0.25, 0.3) is 0 Å². The van der Waals surface area contributed by atoms with Gasteiger partial charge in [-0.3, -0.25) is 0 Å². The number of halogens is 1. The first kappa shape index (κ1) is 9.36. The van der Waals surface area contributed by atoms with Gasteiger partial charge in [-0.25, -0.2) is 0 Å². The Morgan fingerprint density at radius 3 is 2.92 bits per heavy atom. The first-order valence-corrected chi connectivity index (χ1v) is 4.30. The first-order chi connectivity index (χ1) is 5.74. The molecule has 0 bridgehead atoms. The second-order valence-electron chi connectivity index (χ2n) is 2.56. The Hall–Kier alpha value is -0.730. The van der Waals surface area contributed by atoms with Gasteiger partial charge in [0.05, 0.1) is 0 Å². The van der Waals surface area contributed by atoms with E-state index in [1.165, 1.54) is 0 Å². The molecule has 0 aromatic heterocycles. The van der Waals surface area contributed by atoms with Crippen LogP contribution >= 0.6 is 11.6 Å². The molecular formula is C9H12ClNO. The maximum Gasteiger partial charge on any atom is 0.116 e. The van der Waals surface area contributed by atoms with Gasteiger partial charge < -0.3 is 10.4 Å². The van der Waals surface area contributed by atoms with E-state index in [1.807, 2.05) is 6.92 Å². The molecular weight excluding hydrogens is 174 g/mol. The summed E-state index contributed by atoms with van der Waals surface area (Å²) >= 11 is 5.88. The molecule has 0 amide bonds. The van der Waals surface area contributed by atoms with E-state index in [0.717, 1.165) is 12.1 Å². The lowest BCUT2D eigenvalue weighted by atomic mass is 10.2. The second-order valence-corrected chi connectivity index (χ2v) is 2.96. The van der Waals surface area contributed by atoms with Crippen LogP contribution in [0.3, 0.4) is 0 Å². The third kappa shape index (κ3) is 2.40. The lowest BCUT2D eigenvalue weighted by Gasteiger charge is -2.04. The molecule has 1 aromatic carbocycles. The second kappa shape index (κ2) is 4.33. The van der Waals surface area contributed by atoms with Crippen LogP contribution in [-0.2, 0) is 6.54 Å². The van der Waals surface area contributed by atoms with Crippen LogP contribution in [0.25, 0.3) is 0 Å². The summed E-state index contributed by atoms with van der Waals surface area (Å²) in [4.78, 5) is 0. The molecule has 1 aromatic rings. The van der Waals surface area contributed by atoms with E-state index in [-0.39, 0.29) is 5.75 Å². The van der Waals surface area contributed by atoms with Gasteiger partial charge in [-0.15, -0.1) is 0 Å². The molecule has 2 N–H and O–H groups in total. The third-order valence-electron chi connectivity index (χ3n) is 1.59. The van der Waals surface area contributed by atoms with Crippen molar-refractivity contribution in [1.29, 1.82) is 0 Å². The van der Waals surface area contributed by atoms with Gasteiger partial charge in [-0.1, -0.05) is 18.5 Å². The lowest BCUT2D eigenvalue weighted by molar-refractivity contribution is 0.474. The molecule has 0 heterocycles. The molecule has 1 rings (SSSR count). The molecule has 2 nitrogen and oxygen atoms in total. The van der Waals surface area contributed by atoms with E-state index in [2.05, 4.69) is 5.32 Å². The van der Waals surface area contributed by atoms with Crippen molar-refractivity contribution in [3.05, 3.63) is 28.8 Å². The Bertz CT molecular complexity index is 263. The van der Waals surface area contributed by atoms with Crippen LogP contribution in [0, 0.1) is 0 Å². The Morgan fingerprint density at radius 1 is 1.50 bits per heavy atom. The standard InChI is InChI=1S/C9H12ClNO/c1-2-11-6-7-5-8(12)3-4-9(7)10/h3-5,11-12H,2,6H2,1H3. The van der Waals surface area contributed by atoms with E-state index in [4.69, 9.17) is 16.7 Å². The highest BCUT2D eigenvalue weighted by Gasteiger charge is 1.99. The highest BCUT2D eigenvalue weighted by Crippen LogP contribution is 2.20. The van der Waals surface area contributed by atoms with Crippen LogP contribution in [0.1, 0.15) is 12.5 Å². The number of hydrogen-bond donors (Lipinski definition) is 2. The monoisotopic (exact) mass is 185 g/mol. The van der Waals surface area contributed by atoms with Gasteiger partial charge in [0.15, 0.2) is 0 Å². The van der Waals surface area contributed by atoms with Gasteiger partial charge >= 0.3 is 0 Å². The molecule has 0 aliphatic heterocycles. The van der Waals surface area contributed by atoms with Crippen molar-refractivity contribution in [2.45, 2.75) is 13.5 Å². The van der Waals surface area contributed by atoms with E-state index in [1.54, 1.807) is 18.2 Å². The number of nitrogens with one attached hydrogen (secondary N) is 1. The number of aromatic hydroxyl groups is 1. The Labute approximate surface area is 77.2 Å². The van der Waals surface area contributed by atoms with Crippen LogP contribution in [-0.4, -0.2) is 11.7 Å². The zero-order valence-corrected chi connectivity index (χ0v) is 7.73. The molecule has 12 heavy (non-hydrogen) atoms. The normalized spacial score (nSPS) is 10.2. The van der Waals surface area contributed by atoms with E-state index >= 15 is 0 Å². The Kier molecular flexibility index (Phi) is 3.38. The van der Waals surface area contributed by atoms with Crippen molar-refractivity contribution in [2.24, 2.45) is 0 Å². The predicted molar refractivity (Wildman–Crippen MR) is 50.5 cm³/mol. The fourth-order valence-electron chi connectivity index (χ4n) is 0.956. The molecule has 0 atom stereocenters. The van der Waals surface area contributed by atoms with Gasteiger partial charge in [-0.05, 0) is 30.3 Å². The number of phenols is 1. The summed E-state index contributed by atoms with van der Waals surface area (Å²) in [5, 5.41) is 13.0. The average molecular weight is 186 g/mol. The highest BCUT2D eigenvalue weighted by molar-refractivity contribution is 6.31. The van der Waals surface area contributed by atoms with Gasteiger partial charge in [0.2, 0.25) is 0 Å². The quantitative estimate of drug-likeness (QED) is 0.757. The molecule has 0 saturated heterocycles. The maximum atomic E-state index is 9.15. The summed E-state index contributed by atoms with van der Waals surface area (Å²) in [7, 11) is 0. The number of phenolic OH excluding ortho intramolecular Hbond substituents is 1. The number of hydrogen-bond acceptors (Lipinski definition) is 2. The van der Waals surface area contributed by atoms with Crippen molar-refractivity contribution in [1.82, 2.24) is 5.32 Å². The van der Waals surface area contributed by atoms with Crippen LogP contribution in [0.15, 0.2) is 18.2 Å². The van der Waals surface area contributed by atoms with Crippen molar-refractivity contribution < 1.29 is 5.11 Å². The smallest absolute Gasteiger partial charge is 0.116 e. The van der Waals surface area contributed by atoms with Crippen molar-refractivity contribution in [2.75, 3.05) is 6.54 Å². The lowest BCUT2D eigenvalue weighted by Crippen LogP contribution is -2.11. The highest BCUT2D eigenvalue weighted by atomic mass is 35.5. The molecule has 3 heteroatoms. The van der Waals surface area contributed by atoms with Crippen LogP contribution < -0.4 is 5.32 Å². The van der Waals surface area contributed by atoms with E-state index < -0.39 is 0 Å².